The van der Waals surface area contributed by atoms with Gasteiger partial charge < -0.3 is 24.8 Å². The second-order valence-electron chi connectivity index (χ2n) is 17.3. The molecule has 0 saturated heterocycles. The molecule has 5 aromatic heterocycles. The van der Waals surface area contributed by atoms with Gasteiger partial charge in [0.15, 0.2) is 0 Å². The molecule has 3 N–H and O–H groups in total. The molecule has 72 heavy (non-hydrogen) atoms. The fourth-order valence-corrected chi connectivity index (χ4v) is 9.59. The number of fused-ring (bicyclic) bond motifs is 3. The number of H-pyrrole nitrogens is 1. The lowest BCUT2D eigenvalue weighted by molar-refractivity contribution is 0.415. The first-order valence-electron chi connectivity index (χ1n) is 23.5. The number of aromatic amines is 1. The van der Waals surface area contributed by atoms with E-state index in [1.54, 1.807) is 13.3 Å². The van der Waals surface area contributed by atoms with Crippen LogP contribution in [0.5, 0.6) is 17.4 Å². The first kappa shape index (κ1) is 43.6. The molecule has 7 aromatic carbocycles. The smallest absolute Gasteiger partial charge is 0.286 e. The fraction of sp³-hybridized carbons (Fsp3) is 0.0500. The van der Waals surface area contributed by atoms with Gasteiger partial charge in [0.2, 0.25) is 5.88 Å². The van der Waals surface area contributed by atoms with E-state index in [0.717, 1.165) is 55.4 Å². The van der Waals surface area contributed by atoms with Crippen LogP contribution in [0.3, 0.4) is 0 Å². The highest BCUT2D eigenvalue weighted by atomic mass is 16.5. The van der Waals surface area contributed by atoms with Crippen LogP contribution in [0.1, 0.15) is 0 Å². The topological polar surface area (TPSA) is 147 Å². The van der Waals surface area contributed by atoms with Crippen LogP contribution in [-0.4, -0.2) is 47.4 Å². The van der Waals surface area contributed by atoms with Gasteiger partial charge in [-0.3, -0.25) is 14.6 Å². The minimum atomic E-state index is -0.360. The standard InChI is InChI=1S/C60H44N8O4/c1-71-46-28-26-41(27-29-46)52-57(63-56-50(39-15-6-2-7-16-39)54(64-67(56)60(52)70)42-19-10-4-11-20-42)72-47-30-24-38(25-31-47)48-36-45(35-44-23-14-33-62-53(44)48)49-37-66(34-32-61)58-51(40-17-8-3-9-18-40)55(65-68(58)59(49)69)43-21-12-5-13-22-43/h2-31,33,35-37,63H,32,34,61H2,1H3. The molecule has 12 nitrogen and oxygen atoms in total. The van der Waals surface area contributed by atoms with Gasteiger partial charge >= 0.3 is 0 Å². The molecule has 0 amide bonds. The summed E-state index contributed by atoms with van der Waals surface area (Å²) in [7, 11) is 1.60. The Bertz CT molecular complexity index is 4080. The lowest BCUT2D eigenvalue weighted by atomic mass is 9.96. The molecule has 0 aliphatic rings. The van der Waals surface area contributed by atoms with Gasteiger partial charge in [-0.2, -0.15) is 19.2 Å². The third-order valence-electron chi connectivity index (χ3n) is 13.0. The largest absolute Gasteiger partial charge is 0.497 e. The van der Waals surface area contributed by atoms with E-state index in [-0.39, 0.29) is 17.0 Å². The molecule has 12 aromatic rings. The first-order valence-corrected chi connectivity index (χ1v) is 23.5. The number of nitrogens with two attached hydrogens (primary N) is 1. The van der Waals surface area contributed by atoms with Gasteiger partial charge in [-0.05, 0) is 70.3 Å². The summed E-state index contributed by atoms with van der Waals surface area (Å²) >= 11 is 0. The van der Waals surface area contributed by atoms with E-state index >= 15 is 0 Å². The molecule has 12 heteroatoms. The van der Waals surface area contributed by atoms with E-state index in [2.05, 4.69) is 4.98 Å². The van der Waals surface area contributed by atoms with E-state index in [4.69, 9.17) is 30.4 Å². The molecule has 348 valence electrons. The number of aromatic nitrogens is 7. The zero-order valence-corrected chi connectivity index (χ0v) is 38.9. The van der Waals surface area contributed by atoms with Gasteiger partial charge in [0.1, 0.15) is 39.7 Å². The summed E-state index contributed by atoms with van der Waals surface area (Å²) < 4.78 is 17.2. The average Bonchev–Trinajstić information content (AvgIpc) is 4.04. The van der Waals surface area contributed by atoms with Gasteiger partial charge in [0.25, 0.3) is 11.1 Å². The van der Waals surface area contributed by atoms with Crippen molar-refractivity contribution in [2.75, 3.05) is 13.7 Å². The number of hydrogen-bond donors (Lipinski definition) is 2. The Morgan fingerprint density at radius 3 is 1.71 bits per heavy atom. The minimum Gasteiger partial charge on any atom is -0.497 e. The van der Waals surface area contributed by atoms with Gasteiger partial charge in [-0.1, -0.05) is 152 Å². The number of rotatable bonds is 12. The average molecular weight is 941 g/mol. The van der Waals surface area contributed by atoms with Crippen molar-refractivity contribution >= 4 is 22.2 Å². The number of benzene rings is 7. The summed E-state index contributed by atoms with van der Waals surface area (Å²) in [5.74, 6) is 1.36. The van der Waals surface area contributed by atoms with Crippen LogP contribution >= 0.6 is 0 Å². The summed E-state index contributed by atoms with van der Waals surface area (Å²) in [4.78, 5) is 38.2. The molecule has 0 radical (unpaired) electrons. The van der Waals surface area contributed by atoms with Crippen LogP contribution in [-0.2, 0) is 6.54 Å². The molecule has 0 saturated carbocycles. The minimum absolute atomic E-state index is 0.241. The molecule has 12 rings (SSSR count). The first-order chi connectivity index (χ1) is 35.4. The van der Waals surface area contributed by atoms with Crippen LogP contribution in [0.25, 0.3) is 100 Å². The Morgan fingerprint density at radius 1 is 0.528 bits per heavy atom. The van der Waals surface area contributed by atoms with Crippen molar-refractivity contribution in [1.82, 2.24) is 33.8 Å². The Morgan fingerprint density at radius 2 is 1.08 bits per heavy atom. The molecule has 0 atom stereocenters. The van der Waals surface area contributed by atoms with Crippen molar-refractivity contribution in [1.29, 1.82) is 0 Å². The van der Waals surface area contributed by atoms with Crippen LogP contribution in [0, 0.1) is 0 Å². The highest BCUT2D eigenvalue weighted by molar-refractivity contribution is 5.98. The Balaban J connectivity index is 0.988. The van der Waals surface area contributed by atoms with Gasteiger partial charge in [-0.15, -0.1) is 0 Å². The Kier molecular flexibility index (Phi) is 11.1. The predicted molar refractivity (Wildman–Crippen MR) is 284 cm³/mol. The number of hydrogen-bond acceptors (Lipinski definition) is 8. The SMILES string of the molecule is COc1ccc(-c2c(Oc3ccc(-c4cc(-c5cn(CCN)c6c(-c7ccccc7)c(-c7ccccc7)nn6c5=O)cc5cccnc45)cc3)[nH]c3c(-c4ccccc4)c(-c4ccccc4)nn3c2=O)cc1. The van der Waals surface area contributed by atoms with Crippen molar-refractivity contribution in [3.05, 3.63) is 227 Å². The van der Waals surface area contributed by atoms with Gasteiger partial charge in [0, 0.05) is 47.6 Å². The van der Waals surface area contributed by atoms with E-state index in [9.17, 15) is 9.59 Å². The molecule has 0 fully saturated rings. The Hall–Kier alpha value is -9.65. The highest BCUT2D eigenvalue weighted by Gasteiger charge is 2.26. The van der Waals surface area contributed by atoms with Gasteiger partial charge in [-0.25, -0.2) is 0 Å². The lowest BCUT2D eigenvalue weighted by Crippen LogP contribution is -2.22. The lowest BCUT2D eigenvalue weighted by Gasteiger charge is -2.15. The Labute approximate surface area is 412 Å². The van der Waals surface area contributed by atoms with Gasteiger partial charge in [0.05, 0.1) is 29.3 Å². The third kappa shape index (κ3) is 7.68. The van der Waals surface area contributed by atoms with Crippen LogP contribution < -0.4 is 26.3 Å². The molecule has 0 aliphatic heterocycles. The van der Waals surface area contributed by atoms with Crippen molar-refractivity contribution in [2.45, 2.75) is 6.54 Å². The number of methoxy groups -OCH3 is 1. The van der Waals surface area contributed by atoms with Crippen molar-refractivity contribution < 1.29 is 9.47 Å². The van der Waals surface area contributed by atoms with E-state index in [1.807, 2.05) is 205 Å². The summed E-state index contributed by atoms with van der Waals surface area (Å²) in [5.41, 5.74) is 17.8. The van der Waals surface area contributed by atoms with E-state index < -0.39 is 0 Å². The zero-order chi connectivity index (χ0) is 48.7. The molecule has 0 aliphatic carbocycles. The van der Waals surface area contributed by atoms with Crippen molar-refractivity contribution in [3.8, 4) is 95.5 Å². The summed E-state index contributed by atoms with van der Waals surface area (Å²) in [6, 6.07) is 62.4. The maximum Gasteiger partial charge on any atom is 0.286 e. The number of ether oxygens (including phenoxy) is 2. The number of pyridine rings is 1. The van der Waals surface area contributed by atoms with Crippen molar-refractivity contribution in [2.24, 2.45) is 5.73 Å². The normalized spacial score (nSPS) is 11.4. The molecule has 0 unspecified atom stereocenters. The van der Waals surface area contributed by atoms with Crippen LogP contribution in [0.2, 0.25) is 0 Å². The highest BCUT2D eigenvalue weighted by Crippen LogP contribution is 2.40. The molecular weight excluding hydrogens is 897 g/mol. The predicted octanol–water partition coefficient (Wildman–Crippen LogP) is 11.8. The second kappa shape index (κ2) is 18.3. The second-order valence-corrected chi connectivity index (χ2v) is 17.3. The maximum absolute atomic E-state index is 14.9. The summed E-state index contributed by atoms with van der Waals surface area (Å²) in [6.45, 7) is 0.787. The molecule has 0 spiro atoms. The van der Waals surface area contributed by atoms with E-state index in [1.165, 1.54) is 9.03 Å². The molecular formula is C60H44N8O4. The number of nitrogens with zero attached hydrogens (tertiary/aromatic N) is 6. The van der Waals surface area contributed by atoms with E-state index in [0.29, 0.717) is 69.5 Å². The molecule has 0 bridgehead atoms. The monoisotopic (exact) mass is 940 g/mol. The quantitative estimate of drug-likeness (QED) is 0.123. The van der Waals surface area contributed by atoms with Crippen LogP contribution in [0.15, 0.2) is 216 Å². The zero-order valence-electron chi connectivity index (χ0n) is 38.9. The maximum atomic E-state index is 14.9. The number of nitrogens with one attached hydrogen (secondary N) is 1. The summed E-state index contributed by atoms with van der Waals surface area (Å²) in [6.07, 6.45) is 3.66. The fourth-order valence-electron chi connectivity index (χ4n) is 9.59. The van der Waals surface area contributed by atoms with Crippen molar-refractivity contribution in [3.63, 3.8) is 0 Å². The third-order valence-corrected chi connectivity index (χ3v) is 13.0. The summed E-state index contributed by atoms with van der Waals surface area (Å²) in [5, 5.41) is 10.8. The molecule has 5 heterocycles. The van der Waals surface area contributed by atoms with Crippen LogP contribution in [0.4, 0.5) is 0 Å².